The van der Waals surface area contributed by atoms with Crippen molar-refractivity contribution in [2.24, 2.45) is 0 Å². The van der Waals surface area contributed by atoms with E-state index >= 15 is 0 Å². The van der Waals surface area contributed by atoms with Crippen molar-refractivity contribution in [1.29, 1.82) is 0 Å². The molecule has 0 amide bonds. The van der Waals surface area contributed by atoms with Crippen LogP contribution < -0.4 is 0 Å². The first-order chi connectivity index (χ1) is 7.18. The molecule has 1 aromatic carbocycles. The van der Waals surface area contributed by atoms with E-state index in [0.29, 0.717) is 24.0 Å². The van der Waals surface area contributed by atoms with Crippen LogP contribution in [-0.2, 0) is 0 Å². The van der Waals surface area contributed by atoms with Gasteiger partial charge in [0.15, 0.2) is 0 Å². The molecule has 0 fully saturated rings. The van der Waals surface area contributed by atoms with Crippen molar-refractivity contribution in [2.75, 3.05) is 0 Å². The zero-order valence-electron chi connectivity index (χ0n) is 8.16. The summed E-state index contributed by atoms with van der Waals surface area (Å²) in [5.74, 6) is -1.08. The molecule has 0 saturated heterocycles. The zero-order valence-corrected chi connectivity index (χ0v) is 8.16. The third-order valence-electron chi connectivity index (χ3n) is 2.61. The minimum Gasteiger partial charge on any atom is -0.478 e. The second kappa shape index (κ2) is 3.85. The third-order valence-corrected chi connectivity index (χ3v) is 2.61. The smallest absolute Gasteiger partial charge is 0.335 e. The third kappa shape index (κ3) is 1.91. The molecular formula is C12H11FO2. The van der Waals surface area contributed by atoms with Gasteiger partial charge in [-0.25, -0.2) is 9.18 Å². The highest BCUT2D eigenvalue weighted by Gasteiger charge is 2.16. The molecule has 0 heterocycles. The van der Waals surface area contributed by atoms with E-state index in [0.717, 1.165) is 6.42 Å². The Bertz CT molecular complexity index is 435. The molecule has 0 bridgehead atoms. The number of rotatable bonds is 2. The average Bonchev–Trinajstić information content (AvgIpc) is 2.64. The Morgan fingerprint density at radius 3 is 2.73 bits per heavy atom. The molecule has 1 N–H and O–H groups in total. The highest BCUT2D eigenvalue weighted by Crippen LogP contribution is 2.34. The number of carboxylic acids is 1. The number of hydrogen-bond acceptors (Lipinski definition) is 1. The maximum Gasteiger partial charge on any atom is 0.335 e. The fourth-order valence-corrected chi connectivity index (χ4v) is 1.85. The van der Waals surface area contributed by atoms with Crippen molar-refractivity contribution >= 4 is 11.5 Å². The number of hydrogen-bond donors (Lipinski definition) is 1. The van der Waals surface area contributed by atoms with E-state index in [1.807, 2.05) is 0 Å². The first-order valence-corrected chi connectivity index (χ1v) is 4.90. The molecule has 0 spiro atoms. The summed E-state index contributed by atoms with van der Waals surface area (Å²) in [6.45, 7) is 0. The lowest BCUT2D eigenvalue weighted by molar-refractivity contribution is 0.0697. The van der Waals surface area contributed by atoms with Crippen LogP contribution in [0.3, 0.4) is 0 Å². The van der Waals surface area contributed by atoms with E-state index < -0.39 is 5.97 Å². The number of allylic oxidation sites excluding steroid dienone is 2. The van der Waals surface area contributed by atoms with Crippen LogP contribution in [0.5, 0.6) is 0 Å². The molecule has 1 aliphatic rings. The van der Waals surface area contributed by atoms with E-state index in [9.17, 15) is 9.18 Å². The summed E-state index contributed by atoms with van der Waals surface area (Å²) in [5, 5.41) is 8.81. The summed E-state index contributed by atoms with van der Waals surface area (Å²) in [5.41, 5.74) is 1.57. The Kier molecular flexibility index (Phi) is 2.54. The van der Waals surface area contributed by atoms with Crippen LogP contribution in [-0.4, -0.2) is 11.1 Å². The lowest BCUT2D eigenvalue weighted by Crippen LogP contribution is -1.96. The van der Waals surface area contributed by atoms with Gasteiger partial charge >= 0.3 is 5.97 Å². The van der Waals surface area contributed by atoms with Gasteiger partial charge in [0.05, 0.1) is 5.56 Å². The van der Waals surface area contributed by atoms with E-state index in [1.54, 1.807) is 12.1 Å². The molecule has 0 aliphatic heterocycles. The van der Waals surface area contributed by atoms with Gasteiger partial charge in [0.25, 0.3) is 0 Å². The molecule has 3 heteroatoms. The van der Waals surface area contributed by atoms with Gasteiger partial charge in [-0.15, -0.1) is 0 Å². The topological polar surface area (TPSA) is 37.3 Å². The van der Waals surface area contributed by atoms with Crippen LogP contribution in [0.4, 0.5) is 4.39 Å². The van der Waals surface area contributed by atoms with Crippen molar-refractivity contribution in [2.45, 2.75) is 19.3 Å². The fraction of sp³-hybridized carbons (Fsp3) is 0.250. The van der Waals surface area contributed by atoms with E-state index in [4.69, 9.17) is 5.11 Å². The lowest BCUT2D eigenvalue weighted by Gasteiger charge is -2.03. The molecule has 2 rings (SSSR count). The second-order valence-corrected chi connectivity index (χ2v) is 3.62. The van der Waals surface area contributed by atoms with Gasteiger partial charge in [-0.05, 0) is 42.5 Å². The fourth-order valence-electron chi connectivity index (χ4n) is 1.85. The van der Waals surface area contributed by atoms with E-state index in [2.05, 4.69) is 0 Å². The highest BCUT2D eigenvalue weighted by atomic mass is 19.1. The largest absolute Gasteiger partial charge is 0.478 e. The molecule has 0 radical (unpaired) electrons. The standard InChI is InChI=1S/C12H11FO2/c13-11-6-2-5-10(11)8-3-1-4-9(7-8)12(14)15/h1,3-4,7H,2,5-6H2,(H,14,15). The number of carbonyl (C=O) groups is 1. The summed E-state index contributed by atoms with van der Waals surface area (Å²) in [4.78, 5) is 10.7. The van der Waals surface area contributed by atoms with Crippen LogP contribution in [0.15, 0.2) is 30.1 Å². The van der Waals surface area contributed by atoms with Crippen LogP contribution in [0.25, 0.3) is 5.57 Å². The number of carboxylic acid groups (broad SMARTS) is 1. The minimum atomic E-state index is -0.976. The SMILES string of the molecule is O=C(O)c1cccc(C2=C(F)CCC2)c1. The summed E-state index contributed by atoms with van der Waals surface area (Å²) in [7, 11) is 0. The molecule has 1 aromatic rings. The highest BCUT2D eigenvalue weighted by molar-refractivity contribution is 5.89. The maximum atomic E-state index is 13.3. The summed E-state index contributed by atoms with van der Waals surface area (Å²) >= 11 is 0. The molecule has 0 saturated carbocycles. The first-order valence-electron chi connectivity index (χ1n) is 4.90. The van der Waals surface area contributed by atoms with Gasteiger partial charge < -0.3 is 5.11 Å². The van der Waals surface area contributed by atoms with Gasteiger partial charge in [-0.2, -0.15) is 0 Å². The summed E-state index contributed by atoms with van der Waals surface area (Å²) < 4.78 is 13.3. The Labute approximate surface area is 87.0 Å². The van der Waals surface area contributed by atoms with Crippen molar-refractivity contribution in [3.63, 3.8) is 0 Å². The van der Waals surface area contributed by atoms with Crippen molar-refractivity contribution < 1.29 is 14.3 Å². The molecule has 0 atom stereocenters. The Balaban J connectivity index is 2.41. The second-order valence-electron chi connectivity index (χ2n) is 3.62. The van der Waals surface area contributed by atoms with Crippen LogP contribution in [0.1, 0.15) is 35.2 Å². The maximum absolute atomic E-state index is 13.3. The minimum absolute atomic E-state index is 0.0995. The van der Waals surface area contributed by atoms with Crippen molar-refractivity contribution in [3.05, 3.63) is 41.2 Å². The normalized spacial score (nSPS) is 15.8. The molecule has 78 valence electrons. The van der Waals surface area contributed by atoms with Gasteiger partial charge in [0.1, 0.15) is 5.83 Å². The molecular weight excluding hydrogens is 195 g/mol. The number of aromatic carboxylic acids is 1. The Morgan fingerprint density at radius 1 is 1.33 bits per heavy atom. The Morgan fingerprint density at radius 2 is 2.13 bits per heavy atom. The first kappa shape index (κ1) is 9.90. The van der Waals surface area contributed by atoms with Crippen molar-refractivity contribution in [1.82, 2.24) is 0 Å². The van der Waals surface area contributed by atoms with E-state index in [-0.39, 0.29) is 11.4 Å². The lowest BCUT2D eigenvalue weighted by atomic mass is 10.0. The summed E-state index contributed by atoms with van der Waals surface area (Å²) in [6, 6.07) is 6.45. The average molecular weight is 206 g/mol. The van der Waals surface area contributed by atoms with Gasteiger partial charge in [-0.3, -0.25) is 0 Å². The van der Waals surface area contributed by atoms with Gasteiger partial charge in [0, 0.05) is 0 Å². The number of benzene rings is 1. The van der Waals surface area contributed by atoms with Crippen LogP contribution in [0.2, 0.25) is 0 Å². The van der Waals surface area contributed by atoms with Crippen molar-refractivity contribution in [3.8, 4) is 0 Å². The predicted octanol–water partition coefficient (Wildman–Crippen LogP) is 3.25. The monoisotopic (exact) mass is 206 g/mol. The molecule has 2 nitrogen and oxygen atoms in total. The van der Waals surface area contributed by atoms with E-state index in [1.165, 1.54) is 12.1 Å². The zero-order chi connectivity index (χ0) is 10.8. The molecule has 0 aromatic heterocycles. The molecule has 1 aliphatic carbocycles. The summed E-state index contributed by atoms with van der Waals surface area (Å²) in [6.07, 6.45) is 2.00. The Hall–Kier alpha value is -1.64. The van der Waals surface area contributed by atoms with Crippen LogP contribution in [0, 0.1) is 0 Å². The van der Waals surface area contributed by atoms with Crippen LogP contribution >= 0.6 is 0 Å². The molecule has 15 heavy (non-hydrogen) atoms. The quantitative estimate of drug-likeness (QED) is 0.806. The number of halogens is 1. The van der Waals surface area contributed by atoms with Gasteiger partial charge in [0.2, 0.25) is 0 Å². The van der Waals surface area contributed by atoms with Gasteiger partial charge in [-0.1, -0.05) is 12.1 Å². The molecule has 0 unspecified atom stereocenters. The predicted molar refractivity (Wildman–Crippen MR) is 55.3 cm³/mol.